The van der Waals surface area contributed by atoms with Crippen molar-refractivity contribution in [3.05, 3.63) is 29.3 Å². The first-order chi connectivity index (χ1) is 10.1. The Morgan fingerprint density at radius 1 is 1.14 bits per heavy atom. The fourth-order valence-corrected chi connectivity index (χ4v) is 2.44. The highest BCUT2D eigenvalue weighted by Gasteiger charge is 2.18. The van der Waals surface area contributed by atoms with Crippen LogP contribution in [0.15, 0.2) is 18.2 Å². The maximum absolute atomic E-state index is 14.2. The predicted molar refractivity (Wildman–Crippen MR) is 81.5 cm³/mol. The van der Waals surface area contributed by atoms with E-state index in [2.05, 4.69) is 6.92 Å². The molecule has 1 unspecified atom stereocenters. The van der Waals surface area contributed by atoms with E-state index in [1.54, 1.807) is 0 Å². The Kier molecular flexibility index (Phi) is 7.80. The van der Waals surface area contributed by atoms with Crippen LogP contribution in [0.5, 0.6) is 5.75 Å². The molecule has 0 saturated heterocycles. The summed E-state index contributed by atoms with van der Waals surface area (Å²) in [5.41, 5.74) is 0.0109. The van der Waals surface area contributed by atoms with Crippen molar-refractivity contribution >= 4 is 5.97 Å². The Morgan fingerprint density at radius 3 is 2.38 bits per heavy atom. The summed E-state index contributed by atoms with van der Waals surface area (Å²) in [4.78, 5) is 11.1. The highest BCUT2D eigenvalue weighted by Crippen LogP contribution is 2.30. The van der Waals surface area contributed by atoms with Crippen LogP contribution in [-0.4, -0.2) is 16.2 Å². The minimum absolute atomic E-state index is 0.0664. The van der Waals surface area contributed by atoms with Crippen LogP contribution in [-0.2, 0) is 0 Å². The number of alkyl halides is 1. The number of unbranched alkanes of at least 4 members (excludes halogenated alkanes) is 6. The molecule has 1 aromatic carbocycles. The van der Waals surface area contributed by atoms with Gasteiger partial charge in [0.05, 0.1) is 5.56 Å². The van der Waals surface area contributed by atoms with Gasteiger partial charge in [0.25, 0.3) is 0 Å². The van der Waals surface area contributed by atoms with Gasteiger partial charge >= 0.3 is 5.97 Å². The van der Waals surface area contributed by atoms with E-state index < -0.39 is 12.1 Å². The van der Waals surface area contributed by atoms with E-state index in [1.807, 2.05) is 0 Å². The fraction of sp³-hybridized carbons (Fsp3) is 0.588. The molecule has 0 radical (unpaired) electrons. The lowest BCUT2D eigenvalue weighted by atomic mass is 9.98. The fourth-order valence-electron chi connectivity index (χ4n) is 2.44. The zero-order chi connectivity index (χ0) is 15.7. The molecular weight excluding hydrogens is 271 g/mol. The third-order valence-corrected chi connectivity index (χ3v) is 3.66. The van der Waals surface area contributed by atoms with Gasteiger partial charge in [-0.3, -0.25) is 0 Å². The summed E-state index contributed by atoms with van der Waals surface area (Å²) < 4.78 is 14.2. The third kappa shape index (κ3) is 6.15. The van der Waals surface area contributed by atoms with Crippen molar-refractivity contribution in [3.63, 3.8) is 0 Å². The average Bonchev–Trinajstić information content (AvgIpc) is 2.45. The second-order valence-corrected chi connectivity index (χ2v) is 5.45. The SMILES string of the molecule is CCCCCCCCCC(F)c1cc(O)ccc1C(=O)O. The molecule has 0 spiro atoms. The molecule has 0 aromatic heterocycles. The lowest BCUT2D eigenvalue weighted by molar-refractivity contribution is 0.0693. The normalized spacial score (nSPS) is 12.3. The first-order valence-electron chi connectivity index (χ1n) is 7.76. The zero-order valence-corrected chi connectivity index (χ0v) is 12.6. The van der Waals surface area contributed by atoms with Crippen LogP contribution in [0.25, 0.3) is 0 Å². The Morgan fingerprint density at radius 2 is 1.76 bits per heavy atom. The van der Waals surface area contributed by atoms with Crippen LogP contribution < -0.4 is 0 Å². The molecule has 3 nitrogen and oxygen atoms in total. The van der Waals surface area contributed by atoms with E-state index in [1.165, 1.54) is 43.9 Å². The van der Waals surface area contributed by atoms with Crippen molar-refractivity contribution in [1.82, 2.24) is 0 Å². The molecule has 2 N–H and O–H groups in total. The van der Waals surface area contributed by atoms with Crippen LogP contribution in [0.1, 0.15) is 80.4 Å². The molecule has 0 saturated carbocycles. The summed E-state index contributed by atoms with van der Waals surface area (Å²) in [5.74, 6) is -1.26. The van der Waals surface area contributed by atoms with Crippen LogP contribution in [0.4, 0.5) is 4.39 Å². The second-order valence-electron chi connectivity index (χ2n) is 5.45. The topological polar surface area (TPSA) is 57.5 Å². The summed E-state index contributed by atoms with van der Waals surface area (Å²) in [6, 6.07) is 3.74. The summed E-state index contributed by atoms with van der Waals surface area (Å²) >= 11 is 0. The molecule has 1 aromatic rings. The lowest BCUT2D eigenvalue weighted by Crippen LogP contribution is -2.04. The maximum Gasteiger partial charge on any atom is 0.336 e. The predicted octanol–water partition coefficient (Wildman–Crippen LogP) is 5.24. The third-order valence-electron chi connectivity index (χ3n) is 3.66. The van der Waals surface area contributed by atoms with Crippen molar-refractivity contribution < 1.29 is 19.4 Å². The number of carboxylic acids is 1. The first-order valence-corrected chi connectivity index (χ1v) is 7.76. The van der Waals surface area contributed by atoms with Crippen molar-refractivity contribution in [2.75, 3.05) is 0 Å². The van der Waals surface area contributed by atoms with E-state index in [9.17, 15) is 14.3 Å². The standard InChI is InChI=1S/C17H25FO3/c1-2-3-4-5-6-7-8-9-16(18)15-12-13(19)10-11-14(15)17(20)21/h10-12,16,19H,2-9H2,1H3,(H,20,21). The van der Waals surface area contributed by atoms with Gasteiger partial charge in [-0.15, -0.1) is 0 Å². The highest BCUT2D eigenvalue weighted by molar-refractivity contribution is 5.89. The minimum Gasteiger partial charge on any atom is -0.508 e. The van der Waals surface area contributed by atoms with E-state index in [4.69, 9.17) is 5.11 Å². The Bertz CT molecular complexity index is 446. The molecule has 0 aliphatic carbocycles. The van der Waals surface area contributed by atoms with Crippen LogP contribution >= 0.6 is 0 Å². The van der Waals surface area contributed by atoms with Gasteiger partial charge in [-0.05, 0) is 24.6 Å². The van der Waals surface area contributed by atoms with E-state index in [0.717, 1.165) is 19.3 Å². The summed E-state index contributed by atoms with van der Waals surface area (Å²) in [5, 5.41) is 18.4. The van der Waals surface area contributed by atoms with E-state index >= 15 is 0 Å². The number of carbonyl (C=O) groups is 1. The number of rotatable bonds is 10. The molecule has 118 valence electrons. The number of carboxylic acid groups (broad SMARTS) is 1. The number of hydrogen-bond donors (Lipinski definition) is 2. The van der Waals surface area contributed by atoms with Gasteiger partial charge in [0.2, 0.25) is 0 Å². The van der Waals surface area contributed by atoms with E-state index in [0.29, 0.717) is 6.42 Å². The Balaban J connectivity index is 2.43. The number of aromatic hydroxyl groups is 1. The van der Waals surface area contributed by atoms with Gasteiger partial charge in [0.15, 0.2) is 0 Å². The Labute approximate surface area is 125 Å². The van der Waals surface area contributed by atoms with Crippen LogP contribution in [0.3, 0.4) is 0 Å². The minimum atomic E-state index is -1.33. The number of benzene rings is 1. The first kappa shape index (κ1) is 17.5. The van der Waals surface area contributed by atoms with Gasteiger partial charge in [0, 0.05) is 5.56 Å². The summed E-state index contributed by atoms with van der Waals surface area (Å²) in [7, 11) is 0. The Hall–Kier alpha value is -1.58. The van der Waals surface area contributed by atoms with Gasteiger partial charge in [-0.2, -0.15) is 0 Å². The van der Waals surface area contributed by atoms with Crippen LogP contribution in [0.2, 0.25) is 0 Å². The van der Waals surface area contributed by atoms with Gasteiger partial charge in [0.1, 0.15) is 11.9 Å². The molecule has 1 rings (SSSR count). The largest absolute Gasteiger partial charge is 0.508 e. The molecule has 0 amide bonds. The van der Waals surface area contributed by atoms with Crippen molar-refractivity contribution in [3.8, 4) is 5.75 Å². The summed E-state index contributed by atoms with van der Waals surface area (Å²) in [6.07, 6.45) is 6.63. The van der Waals surface area contributed by atoms with Crippen molar-refractivity contribution in [2.24, 2.45) is 0 Å². The van der Waals surface area contributed by atoms with Gasteiger partial charge < -0.3 is 10.2 Å². The van der Waals surface area contributed by atoms with Crippen molar-refractivity contribution in [2.45, 2.75) is 64.5 Å². The number of phenols is 1. The molecule has 4 heteroatoms. The number of phenolic OH excluding ortho intramolecular Hbond substituents is 1. The molecule has 21 heavy (non-hydrogen) atoms. The lowest BCUT2D eigenvalue weighted by Gasteiger charge is -2.12. The molecule has 0 fully saturated rings. The quantitative estimate of drug-likeness (QED) is 0.580. The summed E-state index contributed by atoms with van der Waals surface area (Å²) in [6.45, 7) is 2.17. The molecule has 0 aliphatic rings. The molecular formula is C17H25FO3. The highest BCUT2D eigenvalue weighted by atomic mass is 19.1. The molecule has 0 aliphatic heterocycles. The smallest absolute Gasteiger partial charge is 0.336 e. The van der Waals surface area contributed by atoms with Gasteiger partial charge in [-0.25, -0.2) is 9.18 Å². The molecule has 1 atom stereocenters. The van der Waals surface area contributed by atoms with E-state index in [-0.39, 0.29) is 16.9 Å². The molecule has 0 bridgehead atoms. The number of hydrogen-bond acceptors (Lipinski definition) is 2. The average molecular weight is 296 g/mol. The monoisotopic (exact) mass is 296 g/mol. The second kappa shape index (κ2) is 9.37. The van der Waals surface area contributed by atoms with Crippen molar-refractivity contribution in [1.29, 1.82) is 0 Å². The van der Waals surface area contributed by atoms with Crippen LogP contribution in [0, 0.1) is 0 Å². The molecule has 0 heterocycles. The zero-order valence-electron chi connectivity index (χ0n) is 12.6. The maximum atomic E-state index is 14.2. The number of aromatic carboxylic acids is 1. The number of halogens is 1. The van der Waals surface area contributed by atoms with Gasteiger partial charge in [-0.1, -0.05) is 51.9 Å².